The van der Waals surface area contributed by atoms with Crippen LogP contribution >= 0.6 is 0 Å². The van der Waals surface area contributed by atoms with Crippen molar-refractivity contribution in [2.45, 2.75) is 17.6 Å². The third kappa shape index (κ3) is 11.3. The van der Waals surface area contributed by atoms with Crippen LogP contribution in [-0.2, 0) is 19.2 Å². The van der Waals surface area contributed by atoms with E-state index in [1.165, 1.54) is 0 Å². The minimum atomic E-state index is -2.14. The molecule has 0 aliphatic heterocycles. The molecule has 0 saturated carbocycles. The number of aliphatic hydroxyl groups excluding tert-OH is 3. The van der Waals surface area contributed by atoms with E-state index in [-0.39, 0.29) is 59.1 Å². The molecule has 0 aliphatic carbocycles. The standard InChI is InChI=1S/C14H25N3O11.2Na/c15-14(6-19,7-20)13(17(3-11(25)26)4-12(27)28)8(5-18)16(1-9(21)22)2-10(23)24;;/h8,13,18-20H,1-7,15H2,(H,21,22)(H,23,24)(H,25,26)(H,27,28);;/q;2*+1/p-2. The first-order valence-corrected chi connectivity index (χ1v) is 7.84. The fraction of sp³-hybridized carbons (Fsp3) is 0.714. The van der Waals surface area contributed by atoms with E-state index in [0.29, 0.717) is 9.80 Å². The quantitative estimate of drug-likeness (QED) is 0.125. The SMILES string of the molecule is NC(CO)(CO)C(C(CO)N(CC(=O)[O-])CC(=O)[O-])N(CC(=O)O)CC(=O)O.[Na+].[Na+]. The van der Waals surface area contributed by atoms with Crippen molar-refractivity contribution in [3.05, 3.63) is 0 Å². The molecule has 0 rings (SSSR count). The average molecular weight is 455 g/mol. The molecule has 0 saturated heterocycles. The minimum Gasteiger partial charge on any atom is -0.549 e. The van der Waals surface area contributed by atoms with Crippen LogP contribution in [0.25, 0.3) is 0 Å². The van der Waals surface area contributed by atoms with E-state index in [1.54, 1.807) is 0 Å². The Balaban J connectivity index is -0.00000364. The van der Waals surface area contributed by atoms with Crippen molar-refractivity contribution in [3.63, 3.8) is 0 Å². The smallest absolute Gasteiger partial charge is 0.549 e. The van der Waals surface area contributed by atoms with E-state index in [1.807, 2.05) is 0 Å². The predicted octanol–water partition coefficient (Wildman–Crippen LogP) is -13.3. The van der Waals surface area contributed by atoms with Crippen molar-refractivity contribution in [3.8, 4) is 0 Å². The molecule has 14 nitrogen and oxygen atoms in total. The van der Waals surface area contributed by atoms with Crippen molar-refractivity contribution >= 4 is 23.9 Å². The molecule has 0 spiro atoms. The summed E-state index contributed by atoms with van der Waals surface area (Å²) in [6, 6.07) is -3.32. The van der Waals surface area contributed by atoms with Gasteiger partial charge < -0.3 is 51.1 Å². The van der Waals surface area contributed by atoms with Crippen LogP contribution in [0.3, 0.4) is 0 Å². The number of nitrogens with two attached hydrogens (primary N) is 1. The second kappa shape index (κ2) is 16.3. The van der Waals surface area contributed by atoms with Gasteiger partial charge in [-0.3, -0.25) is 19.4 Å². The van der Waals surface area contributed by atoms with E-state index in [0.717, 1.165) is 0 Å². The third-order valence-electron chi connectivity index (χ3n) is 3.93. The van der Waals surface area contributed by atoms with Crippen LogP contribution < -0.4 is 75.1 Å². The summed E-state index contributed by atoms with van der Waals surface area (Å²) in [4.78, 5) is 45.5. The summed E-state index contributed by atoms with van der Waals surface area (Å²) >= 11 is 0. The number of carboxylic acid groups (broad SMARTS) is 4. The molecule has 2 unspecified atom stereocenters. The van der Waals surface area contributed by atoms with Gasteiger partial charge in [-0.1, -0.05) is 0 Å². The van der Waals surface area contributed by atoms with Gasteiger partial charge in [0.15, 0.2) is 0 Å². The summed E-state index contributed by atoms with van der Waals surface area (Å²) < 4.78 is 0. The van der Waals surface area contributed by atoms with Crippen LogP contribution in [0.5, 0.6) is 0 Å². The van der Waals surface area contributed by atoms with Gasteiger partial charge in [-0.05, 0) is 0 Å². The molecule has 16 heteroatoms. The number of hydrogen-bond acceptors (Lipinski definition) is 12. The van der Waals surface area contributed by atoms with Gasteiger partial charge in [-0.15, -0.1) is 0 Å². The molecule has 0 aromatic rings. The number of hydrogen-bond donors (Lipinski definition) is 6. The van der Waals surface area contributed by atoms with E-state index in [2.05, 4.69) is 0 Å². The van der Waals surface area contributed by atoms with E-state index >= 15 is 0 Å². The van der Waals surface area contributed by atoms with Crippen molar-refractivity contribution in [1.82, 2.24) is 9.80 Å². The van der Waals surface area contributed by atoms with Crippen LogP contribution in [0.15, 0.2) is 0 Å². The number of carbonyl (C=O) groups is 4. The molecule has 0 heterocycles. The molecule has 7 N–H and O–H groups in total. The number of carboxylic acids is 4. The maximum absolute atomic E-state index is 11.2. The number of rotatable bonds is 15. The molecule has 0 aromatic heterocycles. The first kappa shape index (κ1) is 34.3. The Morgan fingerprint density at radius 1 is 0.800 bits per heavy atom. The van der Waals surface area contributed by atoms with Crippen molar-refractivity contribution in [1.29, 1.82) is 0 Å². The van der Waals surface area contributed by atoms with Crippen molar-refractivity contribution in [2.75, 3.05) is 46.0 Å². The average Bonchev–Trinajstić information content (AvgIpc) is 2.56. The van der Waals surface area contributed by atoms with Gasteiger partial charge in [-0.2, -0.15) is 0 Å². The zero-order valence-corrected chi connectivity index (χ0v) is 20.8. The third-order valence-corrected chi connectivity index (χ3v) is 3.93. The summed E-state index contributed by atoms with van der Waals surface area (Å²) in [7, 11) is 0. The van der Waals surface area contributed by atoms with Crippen LogP contribution in [0.2, 0.25) is 0 Å². The van der Waals surface area contributed by atoms with E-state index in [9.17, 15) is 44.7 Å². The number of nitrogens with zero attached hydrogens (tertiary/aromatic N) is 2. The normalized spacial score (nSPS) is 13.1. The summed E-state index contributed by atoms with van der Waals surface area (Å²) in [6.07, 6.45) is 0. The molecule has 2 atom stereocenters. The van der Waals surface area contributed by atoms with Gasteiger partial charge in [-0.25, -0.2) is 0 Å². The molecule has 0 amide bonds. The number of aliphatic hydroxyl groups is 3. The molecule has 0 aliphatic rings. The summed E-state index contributed by atoms with van der Waals surface area (Å²) in [5, 5.41) is 69.0. The first-order chi connectivity index (χ1) is 12.9. The Hall–Kier alpha value is -0.360. The summed E-state index contributed by atoms with van der Waals surface area (Å²) in [6.45, 7) is -7.23. The largest absolute Gasteiger partial charge is 1.00 e. The maximum Gasteiger partial charge on any atom is 1.00 e. The molecule has 0 fully saturated rings. The second-order valence-corrected chi connectivity index (χ2v) is 6.09. The van der Waals surface area contributed by atoms with Gasteiger partial charge in [0.1, 0.15) is 0 Å². The first-order valence-electron chi connectivity index (χ1n) is 7.84. The van der Waals surface area contributed by atoms with Gasteiger partial charge in [0.25, 0.3) is 0 Å². The minimum absolute atomic E-state index is 0. The maximum atomic E-state index is 11.2. The van der Waals surface area contributed by atoms with E-state index < -0.39 is 87.5 Å². The predicted molar refractivity (Wildman–Crippen MR) is 84.2 cm³/mol. The topological polar surface area (TPSA) is 248 Å². The van der Waals surface area contributed by atoms with Gasteiger partial charge >= 0.3 is 71.1 Å². The Labute approximate surface area is 215 Å². The molecule has 0 aromatic carbocycles. The zero-order chi connectivity index (χ0) is 22.1. The Morgan fingerprint density at radius 2 is 1.17 bits per heavy atom. The van der Waals surface area contributed by atoms with Crippen molar-refractivity contribution < 1.29 is 114 Å². The summed E-state index contributed by atoms with van der Waals surface area (Å²) in [5.41, 5.74) is 3.73. The molecule has 0 bridgehead atoms. The van der Waals surface area contributed by atoms with Crippen LogP contribution in [0.1, 0.15) is 0 Å². The van der Waals surface area contributed by atoms with Crippen LogP contribution in [-0.4, -0.2) is 123 Å². The molecular formula is C14H23N3Na2O11. The second-order valence-electron chi connectivity index (χ2n) is 6.09. The van der Waals surface area contributed by atoms with Gasteiger partial charge in [0.05, 0.1) is 62.5 Å². The Kier molecular flexibility index (Phi) is 18.6. The van der Waals surface area contributed by atoms with Gasteiger partial charge in [0, 0.05) is 13.1 Å². The number of carbonyl (C=O) groups excluding carboxylic acids is 2. The van der Waals surface area contributed by atoms with Crippen LogP contribution in [0.4, 0.5) is 0 Å². The molecule has 162 valence electrons. The van der Waals surface area contributed by atoms with Crippen molar-refractivity contribution in [2.24, 2.45) is 5.73 Å². The molecule has 30 heavy (non-hydrogen) atoms. The zero-order valence-electron chi connectivity index (χ0n) is 16.8. The molecule has 0 radical (unpaired) electrons. The monoisotopic (exact) mass is 455 g/mol. The summed E-state index contributed by atoms with van der Waals surface area (Å²) in [5.74, 6) is -6.60. The Bertz CT molecular complexity index is 545. The van der Waals surface area contributed by atoms with Crippen LogP contribution in [0, 0.1) is 0 Å². The fourth-order valence-corrected chi connectivity index (χ4v) is 2.86. The van der Waals surface area contributed by atoms with Gasteiger partial charge in [0.2, 0.25) is 0 Å². The van der Waals surface area contributed by atoms with E-state index in [4.69, 9.17) is 15.9 Å². The number of aliphatic carboxylic acids is 4. The molecular weight excluding hydrogens is 432 g/mol. The Morgan fingerprint density at radius 3 is 1.40 bits per heavy atom. The fourth-order valence-electron chi connectivity index (χ4n) is 2.86.